The summed E-state index contributed by atoms with van der Waals surface area (Å²) in [5.41, 5.74) is 5.03. The molecule has 8 nitrogen and oxygen atoms in total. The molecule has 0 unspecified atom stereocenters. The molecular formula is C7H11N3O5. The van der Waals surface area contributed by atoms with Crippen molar-refractivity contribution < 1.29 is 24.2 Å². The summed E-state index contributed by atoms with van der Waals surface area (Å²) in [7, 11) is 1.37. The first-order valence-corrected chi connectivity index (χ1v) is 3.82. The molecule has 0 spiro atoms. The van der Waals surface area contributed by atoms with Crippen molar-refractivity contribution in [1.29, 1.82) is 5.41 Å². The fraction of sp³-hybridized carbons (Fsp3) is 0.429. The van der Waals surface area contributed by atoms with Crippen LogP contribution >= 0.6 is 0 Å². The second-order valence-electron chi connectivity index (χ2n) is 2.62. The quantitative estimate of drug-likeness (QED) is 0.192. The van der Waals surface area contributed by atoms with Gasteiger partial charge in [-0.3, -0.25) is 10.2 Å². The van der Waals surface area contributed by atoms with Gasteiger partial charge in [0.1, 0.15) is 6.54 Å². The van der Waals surface area contributed by atoms with Crippen molar-refractivity contribution in [2.24, 2.45) is 5.73 Å². The molecule has 15 heavy (non-hydrogen) atoms. The van der Waals surface area contributed by atoms with Crippen molar-refractivity contribution in [3.63, 3.8) is 0 Å². The van der Waals surface area contributed by atoms with Gasteiger partial charge in [-0.25, -0.2) is 19.4 Å². The number of guanidine groups is 1. The average Bonchev–Trinajstić information content (AvgIpc) is 2.13. The highest BCUT2D eigenvalue weighted by molar-refractivity contribution is 6.32. The summed E-state index contributed by atoms with van der Waals surface area (Å²) in [6.45, 7) is 0.610. The Balaban J connectivity index is 3.91. The van der Waals surface area contributed by atoms with Crippen LogP contribution in [0.3, 0.4) is 0 Å². The first-order valence-electron chi connectivity index (χ1n) is 3.82. The predicted molar refractivity (Wildman–Crippen MR) is 47.4 cm³/mol. The van der Waals surface area contributed by atoms with Crippen LogP contribution in [0.4, 0.5) is 0 Å². The van der Waals surface area contributed by atoms with E-state index in [2.05, 4.69) is 9.78 Å². The van der Waals surface area contributed by atoms with E-state index in [9.17, 15) is 14.4 Å². The number of nitrogens with zero attached hydrogens (tertiary/aromatic N) is 1. The fourth-order valence-corrected chi connectivity index (χ4v) is 0.448. The van der Waals surface area contributed by atoms with E-state index in [4.69, 9.17) is 11.1 Å². The van der Waals surface area contributed by atoms with Crippen LogP contribution in [-0.4, -0.2) is 42.2 Å². The Labute approximate surface area is 85.4 Å². The van der Waals surface area contributed by atoms with Crippen LogP contribution in [0.1, 0.15) is 6.92 Å². The monoisotopic (exact) mass is 217 g/mol. The molecule has 0 rings (SSSR count). The molecule has 0 aliphatic rings. The number of nitrogens with two attached hydrogens (primary N) is 1. The lowest BCUT2D eigenvalue weighted by atomic mass is 10.5. The number of rotatable bonds is 3. The van der Waals surface area contributed by atoms with Crippen LogP contribution in [0.5, 0.6) is 0 Å². The van der Waals surface area contributed by atoms with E-state index in [0.29, 0.717) is 0 Å². The maximum absolute atomic E-state index is 10.9. The van der Waals surface area contributed by atoms with Gasteiger partial charge in [0, 0.05) is 14.0 Å². The molecule has 0 aromatic rings. The highest BCUT2D eigenvalue weighted by Crippen LogP contribution is 1.88. The van der Waals surface area contributed by atoms with Crippen LogP contribution in [0.2, 0.25) is 0 Å². The number of hydrogen-bond donors (Lipinski definition) is 2. The van der Waals surface area contributed by atoms with Gasteiger partial charge >= 0.3 is 11.9 Å². The van der Waals surface area contributed by atoms with Crippen molar-refractivity contribution in [3.05, 3.63) is 0 Å². The van der Waals surface area contributed by atoms with Gasteiger partial charge in [0.25, 0.3) is 0 Å². The lowest BCUT2D eigenvalue weighted by Crippen LogP contribution is -2.37. The molecule has 0 atom stereocenters. The maximum atomic E-state index is 10.9. The highest BCUT2D eigenvalue weighted by Gasteiger charge is 2.15. The van der Waals surface area contributed by atoms with E-state index in [1.54, 1.807) is 0 Å². The van der Waals surface area contributed by atoms with E-state index < -0.39 is 17.7 Å². The molecule has 0 saturated carbocycles. The predicted octanol–water partition coefficient (Wildman–Crippen LogP) is -1.60. The minimum atomic E-state index is -1.27. The number of carbonyl (C=O) groups excluding carboxylic acids is 3. The molecular weight excluding hydrogens is 206 g/mol. The second kappa shape index (κ2) is 5.58. The maximum Gasteiger partial charge on any atom is 0.421 e. The number of hydrogen-bond acceptors (Lipinski definition) is 6. The third kappa shape index (κ3) is 5.24. The van der Waals surface area contributed by atoms with E-state index in [1.807, 2.05) is 0 Å². The molecule has 0 aromatic carbocycles. The molecule has 0 saturated heterocycles. The van der Waals surface area contributed by atoms with E-state index in [1.165, 1.54) is 7.05 Å². The summed E-state index contributed by atoms with van der Waals surface area (Å²) in [5.74, 6) is -3.44. The second-order valence-corrected chi connectivity index (χ2v) is 2.62. The zero-order chi connectivity index (χ0) is 12.0. The van der Waals surface area contributed by atoms with Crippen LogP contribution in [0.15, 0.2) is 0 Å². The van der Waals surface area contributed by atoms with E-state index in [-0.39, 0.29) is 12.5 Å². The molecule has 0 amide bonds. The number of likely N-dealkylation sites (N-methyl/N-ethyl adjacent to an activating group) is 1. The summed E-state index contributed by atoms with van der Waals surface area (Å²) < 4.78 is 0. The summed E-state index contributed by atoms with van der Waals surface area (Å²) >= 11 is 0. The highest BCUT2D eigenvalue weighted by atomic mass is 17.2. The molecule has 0 aliphatic heterocycles. The van der Waals surface area contributed by atoms with Crippen LogP contribution < -0.4 is 5.73 Å². The lowest BCUT2D eigenvalue weighted by molar-refractivity contribution is -0.256. The first kappa shape index (κ1) is 12.9. The van der Waals surface area contributed by atoms with Crippen LogP contribution in [0, 0.1) is 5.41 Å². The zero-order valence-electron chi connectivity index (χ0n) is 8.27. The van der Waals surface area contributed by atoms with Gasteiger partial charge in [-0.15, -0.1) is 0 Å². The van der Waals surface area contributed by atoms with Gasteiger partial charge in [0.05, 0.1) is 0 Å². The number of nitrogens with one attached hydrogen (secondary N) is 1. The Bertz CT molecular complexity index is 301. The molecule has 0 radical (unpaired) electrons. The smallest absolute Gasteiger partial charge is 0.370 e. The molecule has 3 N–H and O–H groups in total. The summed E-state index contributed by atoms with van der Waals surface area (Å²) in [6.07, 6.45) is 0. The molecule has 0 aromatic heterocycles. The lowest BCUT2D eigenvalue weighted by Gasteiger charge is -2.13. The first-order chi connectivity index (χ1) is 6.84. The third-order valence-electron chi connectivity index (χ3n) is 1.28. The third-order valence-corrected chi connectivity index (χ3v) is 1.28. The van der Waals surface area contributed by atoms with E-state index >= 15 is 0 Å². The van der Waals surface area contributed by atoms with Crippen molar-refractivity contribution in [2.75, 3.05) is 13.6 Å². The van der Waals surface area contributed by atoms with E-state index in [0.717, 1.165) is 11.8 Å². The Kier molecular flexibility index (Phi) is 4.79. The minimum absolute atomic E-state index is 0.343. The number of Topliss-reactive ketones (excluding diaryl/α,β-unsaturated/α-hetero) is 1. The number of carbonyl (C=O) groups is 3. The summed E-state index contributed by atoms with van der Waals surface area (Å²) in [5, 5.41) is 6.91. The number of ketones is 1. The molecule has 0 bridgehead atoms. The van der Waals surface area contributed by atoms with Crippen LogP contribution in [-0.2, 0) is 24.2 Å². The topological polar surface area (TPSA) is 123 Å². The summed E-state index contributed by atoms with van der Waals surface area (Å²) in [6, 6.07) is 0. The summed E-state index contributed by atoms with van der Waals surface area (Å²) in [4.78, 5) is 40.7. The van der Waals surface area contributed by atoms with Crippen LogP contribution in [0.25, 0.3) is 0 Å². The largest absolute Gasteiger partial charge is 0.421 e. The van der Waals surface area contributed by atoms with Gasteiger partial charge < -0.3 is 10.6 Å². The van der Waals surface area contributed by atoms with Crippen molar-refractivity contribution >= 4 is 23.7 Å². The molecule has 84 valence electrons. The molecule has 0 aliphatic carbocycles. The normalized spacial score (nSPS) is 8.93. The minimum Gasteiger partial charge on any atom is -0.370 e. The molecule has 8 heteroatoms. The molecule has 0 heterocycles. The average molecular weight is 217 g/mol. The Hall–Kier alpha value is -2.12. The van der Waals surface area contributed by atoms with Crippen molar-refractivity contribution in [3.8, 4) is 0 Å². The van der Waals surface area contributed by atoms with Gasteiger partial charge in [0.2, 0.25) is 5.78 Å². The SMILES string of the molecule is CC(=O)C(=O)OOC(=O)CN(C)C(=N)N. The standard InChI is InChI=1S/C7H11N3O5/c1-4(11)6(13)15-14-5(12)3-10(2)7(8)9/h3H2,1-2H3,(H3,8,9). The van der Waals surface area contributed by atoms with Crippen molar-refractivity contribution in [2.45, 2.75) is 6.92 Å². The van der Waals surface area contributed by atoms with Gasteiger partial charge in [0.15, 0.2) is 5.96 Å². The molecule has 0 fully saturated rings. The van der Waals surface area contributed by atoms with Gasteiger partial charge in [-0.1, -0.05) is 0 Å². The Morgan fingerprint density at radius 2 is 1.87 bits per heavy atom. The fourth-order valence-electron chi connectivity index (χ4n) is 0.448. The Morgan fingerprint density at radius 3 is 2.27 bits per heavy atom. The zero-order valence-corrected chi connectivity index (χ0v) is 8.27. The van der Waals surface area contributed by atoms with Crippen molar-refractivity contribution in [1.82, 2.24) is 4.90 Å². The van der Waals surface area contributed by atoms with Gasteiger partial charge in [-0.2, -0.15) is 0 Å². The Morgan fingerprint density at radius 1 is 1.33 bits per heavy atom. The van der Waals surface area contributed by atoms with Gasteiger partial charge in [-0.05, 0) is 0 Å².